The van der Waals surface area contributed by atoms with Gasteiger partial charge in [0.1, 0.15) is 5.60 Å². The van der Waals surface area contributed by atoms with Crippen LogP contribution in [0.25, 0.3) is 0 Å². The first-order valence-electron chi connectivity index (χ1n) is 7.21. The average molecular weight is 292 g/mol. The minimum Gasteiger partial charge on any atom is -0.383 e. The molecule has 0 unspecified atom stereocenters. The van der Waals surface area contributed by atoms with Gasteiger partial charge in [0, 0.05) is 5.56 Å². The van der Waals surface area contributed by atoms with Gasteiger partial charge in [-0.3, -0.25) is 4.79 Å². The molecule has 0 saturated carbocycles. The minimum atomic E-state index is -1.01. The Balaban J connectivity index is 1.73. The van der Waals surface area contributed by atoms with Crippen LogP contribution in [0.3, 0.4) is 0 Å². The summed E-state index contributed by atoms with van der Waals surface area (Å²) >= 11 is 0. The number of aryl methyl sites for hydroxylation is 1. The predicted octanol–water partition coefficient (Wildman–Crippen LogP) is 2.12. The minimum absolute atomic E-state index is 0.166. The Hall–Kier alpha value is -2.64. The van der Waals surface area contributed by atoms with Crippen LogP contribution in [0.15, 0.2) is 48.5 Å². The highest BCUT2D eigenvalue weighted by atomic mass is 16.3. The first-order valence-corrected chi connectivity index (χ1v) is 7.21. The molecule has 4 heteroatoms. The van der Waals surface area contributed by atoms with E-state index in [0.717, 1.165) is 17.5 Å². The number of benzene rings is 2. The summed E-state index contributed by atoms with van der Waals surface area (Å²) in [5, 5.41) is 22.4. The number of fused-ring (bicyclic) bond motifs is 1. The molecule has 0 saturated heterocycles. The maximum absolute atomic E-state index is 12.2. The molecule has 0 spiro atoms. The molecule has 1 amide bonds. The molecule has 0 aromatic heterocycles. The molecule has 22 heavy (non-hydrogen) atoms. The molecule has 0 bridgehead atoms. The van der Waals surface area contributed by atoms with Crippen molar-refractivity contribution in [1.29, 1.82) is 5.26 Å². The summed E-state index contributed by atoms with van der Waals surface area (Å²) in [6, 6.07) is 16.3. The van der Waals surface area contributed by atoms with Gasteiger partial charge in [0.2, 0.25) is 0 Å². The van der Waals surface area contributed by atoms with Crippen LogP contribution >= 0.6 is 0 Å². The van der Waals surface area contributed by atoms with Gasteiger partial charge in [0.25, 0.3) is 5.91 Å². The van der Waals surface area contributed by atoms with Crippen molar-refractivity contribution in [3.63, 3.8) is 0 Å². The van der Waals surface area contributed by atoms with E-state index >= 15 is 0 Å². The van der Waals surface area contributed by atoms with Crippen molar-refractivity contribution in [1.82, 2.24) is 5.32 Å². The summed E-state index contributed by atoms with van der Waals surface area (Å²) in [4.78, 5) is 12.2. The van der Waals surface area contributed by atoms with Crippen molar-refractivity contribution in [2.24, 2.45) is 0 Å². The smallest absolute Gasteiger partial charge is 0.251 e. The quantitative estimate of drug-likeness (QED) is 0.910. The number of carbonyl (C=O) groups is 1. The molecule has 0 heterocycles. The van der Waals surface area contributed by atoms with E-state index in [1.165, 1.54) is 0 Å². The molecule has 0 fully saturated rings. The molecule has 110 valence electrons. The molecule has 0 aliphatic heterocycles. The fourth-order valence-corrected chi connectivity index (χ4v) is 2.91. The first kappa shape index (κ1) is 14.3. The molecule has 1 aliphatic rings. The number of nitrogens with zero attached hydrogens (tertiary/aromatic N) is 1. The third kappa shape index (κ3) is 2.59. The van der Waals surface area contributed by atoms with E-state index in [1.54, 1.807) is 24.3 Å². The van der Waals surface area contributed by atoms with Gasteiger partial charge in [0.15, 0.2) is 0 Å². The van der Waals surface area contributed by atoms with Crippen molar-refractivity contribution in [3.05, 3.63) is 70.8 Å². The highest BCUT2D eigenvalue weighted by Crippen LogP contribution is 2.36. The summed E-state index contributed by atoms with van der Waals surface area (Å²) in [5.41, 5.74) is 1.87. The Kier molecular flexibility index (Phi) is 3.66. The topological polar surface area (TPSA) is 73.1 Å². The summed E-state index contributed by atoms with van der Waals surface area (Å²) in [6.07, 6.45) is 1.41. The Bertz CT molecular complexity index is 764. The second-order valence-corrected chi connectivity index (χ2v) is 5.56. The Labute approximate surface area is 129 Å². The van der Waals surface area contributed by atoms with E-state index in [9.17, 15) is 9.90 Å². The molecule has 1 atom stereocenters. The number of aliphatic hydroxyl groups is 1. The largest absolute Gasteiger partial charge is 0.383 e. The van der Waals surface area contributed by atoms with Gasteiger partial charge in [-0.15, -0.1) is 0 Å². The number of nitrogens with one attached hydrogen (secondary N) is 1. The molecule has 2 aromatic rings. The normalized spacial score (nSPS) is 19.3. The number of nitriles is 1. The van der Waals surface area contributed by atoms with Gasteiger partial charge in [0.05, 0.1) is 18.2 Å². The van der Waals surface area contributed by atoms with E-state index in [4.69, 9.17) is 5.26 Å². The summed E-state index contributed by atoms with van der Waals surface area (Å²) in [6.45, 7) is 0.166. The number of hydrogen-bond acceptors (Lipinski definition) is 3. The fourth-order valence-electron chi connectivity index (χ4n) is 2.91. The van der Waals surface area contributed by atoms with Crippen molar-refractivity contribution in [2.75, 3.05) is 6.54 Å². The van der Waals surface area contributed by atoms with Crippen LogP contribution in [-0.2, 0) is 12.0 Å². The summed E-state index contributed by atoms with van der Waals surface area (Å²) in [7, 11) is 0. The van der Waals surface area contributed by atoms with E-state index in [2.05, 4.69) is 5.32 Å². The maximum atomic E-state index is 12.2. The number of hydrogen-bond donors (Lipinski definition) is 2. The molecule has 0 radical (unpaired) electrons. The Morgan fingerprint density at radius 3 is 2.91 bits per heavy atom. The van der Waals surface area contributed by atoms with Gasteiger partial charge in [-0.1, -0.05) is 30.3 Å². The van der Waals surface area contributed by atoms with Crippen LogP contribution in [-0.4, -0.2) is 17.6 Å². The van der Waals surface area contributed by atoms with Crippen LogP contribution < -0.4 is 5.32 Å². The van der Waals surface area contributed by atoms with Gasteiger partial charge in [-0.2, -0.15) is 5.26 Å². The molecular formula is C18H16N2O2. The second kappa shape index (κ2) is 5.63. The van der Waals surface area contributed by atoms with Crippen LogP contribution in [0.5, 0.6) is 0 Å². The Morgan fingerprint density at radius 1 is 1.27 bits per heavy atom. The molecule has 2 N–H and O–H groups in total. The second-order valence-electron chi connectivity index (χ2n) is 5.56. The van der Waals surface area contributed by atoms with Crippen molar-refractivity contribution in [3.8, 4) is 6.07 Å². The van der Waals surface area contributed by atoms with Gasteiger partial charge in [-0.05, 0) is 42.2 Å². The van der Waals surface area contributed by atoms with Gasteiger partial charge in [-0.25, -0.2) is 0 Å². The lowest BCUT2D eigenvalue weighted by Gasteiger charge is -2.24. The third-order valence-corrected chi connectivity index (χ3v) is 4.12. The highest BCUT2D eigenvalue weighted by molar-refractivity contribution is 5.94. The van der Waals surface area contributed by atoms with Crippen LogP contribution in [0.2, 0.25) is 0 Å². The molecule has 3 rings (SSSR count). The van der Waals surface area contributed by atoms with Crippen LogP contribution in [0.1, 0.15) is 33.5 Å². The van der Waals surface area contributed by atoms with E-state index in [0.29, 0.717) is 17.5 Å². The van der Waals surface area contributed by atoms with Crippen molar-refractivity contribution in [2.45, 2.75) is 18.4 Å². The number of carbonyl (C=O) groups excluding carboxylic acids is 1. The van der Waals surface area contributed by atoms with Crippen molar-refractivity contribution >= 4 is 5.91 Å². The lowest BCUT2D eigenvalue weighted by molar-refractivity contribution is 0.0369. The van der Waals surface area contributed by atoms with E-state index < -0.39 is 5.60 Å². The van der Waals surface area contributed by atoms with Crippen molar-refractivity contribution < 1.29 is 9.90 Å². The maximum Gasteiger partial charge on any atom is 0.251 e. The molecule has 1 aliphatic carbocycles. The van der Waals surface area contributed by atoms with Crippen LogP contribution in [0.4, 0.5) is 0 Å². The predicted molar refractivity (Wildman–Crippen MR) is 82.2 cm³/mol. The van der Waals surface area contributed by atoms with E-state index in [1.807, 2.05) is 30.3 Å². The summed E-state index contributed by atoms with van der Waals surface area (Å²) < 4.78 is 0. The number of amides is 1. The standard InChI is InChI=1S/C18H16N2O2/c19-11-13-4-3-6-15(10-13)17(21)20-12-18(22)9-8-14-5-1-2-7-16(14)18/h1-7,10,22H,8-9,12H2,(H,20,21)/t18-/m1/s1. The SMILES string of the molecule is N#Cc1cccc(C(=O)NC[C@]2(O)CCc3ccccc32)c1. The zero-order valence-corrected chi connectivity index (χ0v) is 12.0. The first-order chi connectivity index (χ1) is 10.6. The summed E-state index contributed by atoms with van der Waals surface area (Å²) in [5.74, 6) is -0.282. The van der Waals surface area contributed by atoms with Gasteiger partial charge >= 0.3 is 0 Å². The van der Waals surface area contributed by atoms with E-state index in [-0.39, 0.29) is 12.5 Å². The third-order valence-electron chi connectivity index (χ3n) is 4.12. The zero-order chi connectivity index (χ0) is 15.6. The molecule has 2 aromatic carbocycles. The Morgan fingerprint density at radius 2 is 2.09 bits per heavy atom. The lowest BCUT2D eigenvalue weighted by atomic mass is 9.96. The monoisotopic (exact) mass is 292 g/mol. The number of rotatable bonds is 3. The zero-order valence-electron chi connectivity index (χ0n) is 12.0. The van der Waals surface area contributed by atoms with Gasteiger partial charge < -0.3 is 10.4 Å². The lowest BCUT2D eigenvalue weighted by Crippen LogP contribution is -2.39. The highest BCUT2D eigenvalue weighted by Gasteiger charge is 2.36. The fraction of sp³-hybridized carbons (Fsp3) is 0.222. The van der Waals surface area contributed by atoms with Crippen LogP contribution in [0, 0.1) is 11.3 Å². The molecule has 4 nitrogen and oxygen atoms in total. The average Bonchev–Trinajstić information content (AvgIpc) is 2.91. The molecular weight excluding hydrogens is 276 g/mol.